The third-order valence-electron chi connectivity index (χ3n) is 6.37. The molecule has 0 amide bonds. The van der Waals surface area contributed by atoms with Crippen LogP contribution in [0.3, 0.4) is 0 Å². The van der Waals surface area contributed by atoms with Crippen molar-refractivity contribution in [2.75, 3.05) is 0 Å². The average Bonchev–Trinajstić information content (AvgIpc) is 2.62. The second-order valence-corrected chi connectivity index (χ2v) is 8.08. The van der Waals surface area contributed by atoms with Crippen LogP contribution in [0.1, 0.15) is 79.1 Å². The highest BCUT2D eigenvalue weighted by atomic mass is 14.5. The van der Waals surface area contributed by atoms with Gasteiger partial charge in [0.05, 0.1) is 0 Å². The van der Waals surface area contributed by atoms with E-state index in [2.05, 4.69) is 33.8 Å². The molecule has 0 aromatic rings. The molecule has 3 aliphatic carbocycles. The highest BCUT2D eigenvalue weighted by Crippen LogP contribution is 2.58. The summed E-state index contributed by atoms with van der Waals surface area (Å²) in [5.74, 6) is 0.763. The van der Waals surface area contributed by atoms with Gasteiger partial charge in [0.15, 0.2) is 0 Å². The molecule has 0 nitrogen and oxygen atoms in total. The van der Waals surface area contributed by atoms with Gasteiger partial charge in [-0.25, -0.2) is 0 Å². The molecular formula is C19H30. The van der Waals surface area contributed by atoms with E-state index in [0.29, 0.717) is 10.8 Å². The monoisotopic (exact) mass is 258 g/mol. The average molecular weight is 258 g/mol. The number of allylic oxidation sites excluding steroid dienone is 4. The molecule has 0 aliphatic heterocycles. The number of hydrogen-bond acceptors (Lipinski definition) is 0. The number of rotatable bonds is 1. The van der Waals surface area contributed by atoms with Crippen LogP contribution in [-0.4, -0.2) is 0 Å². The zero-order chi connectivity index (χ0) is 13.7. The predicted molar refractivity (Wildman–Crippen MR) is 83.1 cm³/mol. The fourth-order valence-corrected chi connectivity index (χ4v) is 4.96. The molecular weight excluding hydrogens is 228 g/mol. The van der Waals surface area contributed by atoms with Crippen LogP contribution < -0.4 is 0 Å². The summed E-state index contributed by atoms with van der Waals surface area (Å²) in [6.07, 6.45) is 13.7. The first-order valence-electron chi connectivity index (χ1n) is 8.37. The molecule has 19 heavy (non-hydrogen) atoms. The summed E-state index contributed by atoms with van der Waals surface area (Å²) < 4.78 is 0. The van der Waals surface area contributed by atoms with E-state index in [1.54, 1.807) is 5.57 Å². The molecule has 0 heteroatoms. The van der Waals surface area contributed by atoms with Crippen molar-refractivity contribution in [1.29, 1.82) is 0 Å². The van der Waals surface area contributed by atoms with Crippen molar-refractivity contribution in [3.05, 3.63) is 22.8 Å². The summed E-state index contributed by atoms with van der Waals surface area (Å²) in [5, 5.41) is 0. The minimum atomic E-state index is 0.501. The molecule has 0 radical (unpaired) electrons. The summed E-state index contributed by atoms with van der Waals surface area (Å²) in [6.45, 7) is 9.89. The van der Waals surface area contributed by atoms with Crippen molar-refractivity contribution >= 4 is 0 Å². The minimum Gasteiger partial charge on any atom is -0.0847 e. The molecule has 106 valence electrons. The van der Waals surface area contributed by atoms with E-state index in [4.69, 9.17) is 0 Å². The van der Waals surface area contributed by atoms with Crippen LogP contribution in [0.2, 0.25) is 0 Å². The lowest BCUT2D eigenvalue weighted by Crippen LogP contribution is -2.23. The lowest BCUT2D eigenvalue weighted by molar-refractivity contribution is 0.299. The van der Waals surface area contributed by atoms with E-state index in [9.17, 15) is 0 Å². The summed E-state index contributed by atoms with van der Waals surface area (Å²) in [6, 6.07) is 0. The van der Waals surface area contributed by atoms with Gasteiger partial charge in [-0.2, -0.15) is 0 Å². The Bertz CT molecular complexity index is 437. The van der Waals surface area contributed by atoms with Gasteiger partial charge in [0, 0.05) is 0 Å². The molecule has 0 spiro atoms. The van der Waals surface area contributed by atoms with E-state index in [1.165, 1.54) is 51.4 Å². The van der Waals surface area contributed by atoms with E-state index in [0.717, 1.165) is 5.92 Å². The van der Waals surface area contributed by atoms with Gasteiger partial charge in [-0.15, -0.1) is 0 Å². The molecule has 3 rings (SSSR count). The van der Waals surface area contributed by atoms with E-state index in [1.807, 2.05) is 11.1 Å². The predicted octanol–water partition coefficient (Wildman–Crippen LogP) is 6.04. The standard InChI is InChI=1S/C19H30/c1-14(2)16-8-11-19(4)13-15-7-5-6-10-18(15,3)12-9-17(16)19/h7,14H,5-6,8-13H2,1-4H3/t18-,19+/m0/s1. The van der Waals surface area contributed by atoms with Gasteiger partial charge in [-0.1, -0.05) is 50.5 Å². The van der Waals surface area contributed by atoms with Gasteiger partial charge in [0.2, 0.25) is 0 Å². The lowest BCUT2D eigenvalue weighted by Gasteiger charge is -2.36. The van der Waals surface area contributed by atoms with E-state index < -0.39 is 0 Å². The summed E-state index contributed by atoms with van der Waals surface area (Å²) in [4.78, 5) is 0. The Morgan fingerprint density at radius 3 is 2.47 bits per heavy atom. The van der Waals surface area contributed by atoms with Gasteiger partial charge in [-0.3, -0.25) is 0 Å². The Hall–Kier alpha value is -0.520. The Morgan fingerprint density at radius 1 is 1.00 bits per heavy atom. The Labute approximate surface area is 119 Å². The number of fused-ring (bicyclic) bond motifs is 2. The molecule has 3 aliphatic rings. The molecule has 0 aromatic heterocycles. The van der Waals surface area contributed by atoms with Gasteiger partial charge in [0.25, 0.3) is 0 Å². The van der Waals surface area contributed by atoms with Crippen LogP contribution in [0, 0.1) is 16.7 Å². The fourth-order valence-electron chi connectivity index (χ4n) is 4.96. The third-order valence-corrected chi connectivity index (χ3v) is 6.37. The molecule has 0 saturated heterocycles. The Morgan fingerprint density at radius 2 is 1.74 bits per heavy atom. The first-order chi connectivity index (χ1) is 8.95. The SMILES string of the molecule is CC(C)C1=C2CC[C@]3(C)CCCC=C3C[C@@]2(C)CC1. The zero-order valence-corrected chi connectivity index (χ0v) is 13.3. The fraction of sp³-hybridized carbons (Fsp3) is 0.789. The molecule has 2 atom stereocenters. The smallest absolute Gasteiger partial charge is 0.00732 e. The van der Waals surface area contributed by atoms with Crippen LogP contribution in [0.4, 0.5) is 0 Å². The molecule has 0 unspecified atom stereocenters. The Kier molecular flexibility index (Phi) is 3.19. The van der Waals surface area contributed by atoms with Crippen LogP contribution in [0.25, 0.3) is 0 Å². The van der Waals surface area contributed by atoms with Gasteiger partial charge >= 0.3 is 0 Å². The highest BCUT2D eigenvalue weighted by Gasteiger charge is 2.44. The molecule has 1 fully saturated rings. The zero-order valence-electron chi connectivity index (χ0n) is 13.3. The van der Waals surface area contributed by atoms with Crippen LogP contribution >= 0.6 is 0 Å². The van der Waals surface area contributed by atoms with Crippen molar-refractivity contribution in [3.8, 4) is 0 Å². The third kappa shape index (κ3) is 2.12. The normalized spacial score (nSPS) is 38.9. The molecule has 0 aromatic carbocycles. The van der Waals surface area contributed by atoms with Gasteiger partial charge in [-0.05, 0) is 68.1 Å². The van der Waals surface area contributed by atoms with E-state index >= 15 is 0 Å². The van der Waals surface area contributed by atoms with Crippen molar-refractivity contribution in [3.63, 3.8) is 0 Å². The Balaban J connectivity index is 2.00. The van der Waals surface area contributed by atoms with Crippen molar-refractivity contribution in [1.82, 2.24) is 0 Å². The van der Waals surface area contributed by atoms with Crippen molar-refractivity contribution in [2.24, 2.45) is 16.7 Å². The lowest BCUT2D eigenvalue weighted by atomic mass is 9.69. The quantitative estimate of drug-likeness (QED) is 0.503. The second-order valence-electron chi connectivity index (χ2n) is 8.08. The van der Waals surface area contributed by atoms with Crippen molar-refractivity contribution < 1.29 is 0 Å². The van der Waals surface area contributed by atoms with Gasteiger partial charge < -0.3 is 0 Å². The maximum atomic E-state index is 2.60. The molecule has 0 heterocycles. The molecule has 0 N–H and O–H groups in total. The molecule has 0 bridgehead atoms. The van der Waals surface area contributed by atoms with E-state index in [-0.39, 0.29) is 0 Å². The second kappa shape index (κ2) is 4.50. The molecule has 1 saturated carbocycles. The maximum absolute atomic E-state index is 2.60. The highest BCUT2D eigenvalue weighted by molar-refractivity contribution is 5.35. The van der Waals surface area contributed by atoms with Crippen LogP contribution in [-0.2, 0) is 0 Å². The van der Waals surface area contributed by atoms with Gasteiger partial charge in [0.1, 0.15) is 0 Å². The first kappa shape index (κ1) is 13.5. The minimum absolute atomic E-state index is 0.501. The largest absolute Gasteiger partial charge is 0.0847 e. The van der Waals surface area contributed by atoms with Crippen LogP contribution in [0.15, 0.2) is 22.8 Å². The summed E-state index contributed by atoms with van der Waals surface area (Å²) >= 11 is 0. The van der Waals surface area contributed by atoms with Crippen molar-refractivity contribution in [2.45, 2.75) is 79.1 Å². The first-order valence-corrected chi connectivity index (χ1v) is 8.37. The summed E-state index contributed by atoms with van der Waals surface area (Å²) in [7, 11) is 0. The number of hydrogen-bond donors (Lipinski definition) is 0. The topological polar surface area (TPSA) is 0 Å². The maximum Gasteiger partial charge on any atom is -0.00732 e. The summed E-state index contributed by atoms with van der Waals surface area (Å²) in [5.41, 5.74) is 6.51. The van der Waals surface area contributed by atoms with Crippen LogP contribution in [0.5, 0.6) is 0 Å².